The third-order valence-electron chi connectivity index (χ3n) is 8.84. The molecule has 0 unspecified atom stereocenters. The highest BCUT2D eigenvalue weighted by Crippen LogP contribution is 2.36. The molecule has 51 heavy (non-hydrogen) atoms. The van der Waals surface area contributed by atoms with Crippen LogP contribution in [0.3, 0.4) is 0 Å². The molecule has 0 saturated heterocycles. The second-order valence-corrected chi connectivity index (χ2v) is 12.5. The van der Waals surface area contributed by atoms with Crippen LogP contribution >= 0.6 is 0 Å². The van der Waals surface area contributed by atoms with E-state index < -0.39 is 0 Å². The summed E-state index contributed by atoms with van der Waals surface area (Å²) in [5.41, 5.74) is 11.3. The van der Waals surface area contributed by atoms with Crippen LogP contribution in [0.1, 0.15) is 48.4 Å². The molecule has 0 aliphatic heterocycles. The van der Waals surface area contributed by atoms with Crippen molar-refractivity contribution in [2.75, 3.05) is 54.2 Å². The van der Waals surface area contributed by atoms with E-state index in [1.54, 1.807) is 31.3 Å². The molecule has 0 heterocycles. The number of hydrogen-bond donors (Lipinski definition) is 1. The zero-order valence-corrected chi connectivity index (χ0v) is 30.5. The van der Waals surface area contributed by atoms with E-state index >= 15 is 0 Å². The molecular formula is C42H53FN2O6. The number of methoxy groups -OCH3 is 2. The van der Waals surface area contributed by atoms with E-state index in [9.17, 15) is 9.18 Å². The number of nitrogens with zero attached hydrogens (tertiary/aromatic N) is 1. The lowest BCUT2D eigenvalue weighted by atomic mass is 9.93. The lowest BCUT2D eigenvalue weighted by Crippen LogP contribution is -2.44. The molecule has 0 aliphatic rings. The van der Waals surface area contributed by atoms with Gasteiger partial charge in [0.15, 0.2) is 0 Å². The molecule has 4 rings (SSSR count). The molecule has 0 aromatic heterocycles. The zero-order chi connectivity index (χ0) is 36.4. The van der Waals surface area contributed by atoms with Gasteiger partial charge in [0.1, 0.15) is 23.1 Å². The van der Waals surface area contributed by atoms with Gasteiger partial charge in [-0.3, -0.25) is 4.79 Å². The fourth-order valence-corrected chi connectivity index (χ4v) is 5.95. The Morgan fingerprint density at radius 2 is 1.53 bits per heavy atom. The monoisotopic (exact) mass is 700 g/mol. The maximum atomic E-state index is 15.0. The predicted molar refractivity (Wildman–Crippen MR) is 200 cm³/mol. The number of likely N-dealkylation sites (N-methyl/N-ethyl adjacent to an activating group) is 1. The van der Waals surface area contributed by atoms with Crippen molar-refractivity contribution in [3.8, 4) is 28.4 Å². The van der Waals surface area contributed by atoms with E-state index in [0.717, 1.165) is 53.0 Å². The Morgan fingerprint density at radius 3 is 2.25 bits per heavy atom. The highest BCUT2D eigenvalue weighted by atomic mass is 19.1. The summed E-state index contributed by atoms with van der Waals surface area (Å²) >= 11 is 0. The lowest BCUT2D eigenvalue weighted by Gasteiger charge is -2.28. The van der Waals surface area contributed by atoms with Crippen molar-refractivity contribution >= 4 is 5.91 Å². The van der Waals surface area contributed by atoms with Gasteiger partial charge in [0, 0.05) is 62.9 Å². The Balaban J connectivity index is 1.35. The van der Waals surface area contributed by atoms with Gasteiger partial charge in [0.05, 0.1) is 40.0 Å². The lowest BCUT2D eigenvalue weighted by molar-refractivity contribution is -0.131. The third kappa shape index (κ3) is 11.8. The first kappa shape index (κ1) is 39.3. The Bertz CT molecular complexity index is 1650. The maximum absolute atomic E-state index is 15.0. The van der Waals surface area contributed by atoms with Crippen LogP contribution in [0.15, 0.2) is 84.9 Å². The number of para-hydroxylation sites is 1. The molecule has 2 N–H and O–H groups in total. The molecule has 0 aliphatic carbocycles. The molecule has 0 saturated carbocycles. The summed E-state index contributed by atoms with van der Waals surface area (Å²) in [6.45, 7) is 4.98. The summed E-state index contributed by atoms with van der Waals surface area (Å²) in [4.78, 5) is 15.5. The summed E-state index contributed by atoms with van der Waals surface area (Å²) in [6, 6.07) is 26.2. The van der Waals surface area contributed by atoms with Crippen LogP contribution < -0.4 is 19.9 Å². The van der Waals surface area contributed by atoms with Gasteiger partial charge < -0.3 is 34.3 Å². The van der Waals surface area contributed by atoms with Crippen LogP contribution in [-0.4, -0.2) is 71.1 Å². The number of hydrogen-bond acceptors (Lipinski definition) is 7. The van der Waals surface area contributed by atoms with E-state index in [1.165, 1.54) is 6.07 Å². The molecule has 0 bridgehead atoms. The molecule has 274 valence electrons. The standard InChI is InChI=1S/C42H53FN2O6/c1-5-12-32-26-38(37-14-7-8-15-39(37)43)41(51-24-10-21-47-3)27-34(32)28-42(46)45(2)35(29-44)25-31-17-19-36(20-18-31)50-23-11-22-49-30-33-13-6-9-16-40(33)48-4/h6-9,13-20,26-27,35H,5,10-12,21-25,28-30,44H2,1-4H3/t35-/m1/s1. The Labute approximate surface area is 302 Å². The van der Waals surface area contributed by atoms with Crippen LogP contribution in [-0.2, 0) is 40.1 Å². The first-order valence-corrected chi connectivity index (χ1v) is 17.8. The van der Waals surface area contributed by atoms with Gasteiger partial charge in [-0.25, -0.2) is 4.39 Å². The highest BCUT2D eigenvalue weighted by molar-refractivity contribution is 5.81. The molecule has 0 fully saturated rings. The van der Waals surface area contributed by atoms with E-state index in [2.05, 4.69) is 6.92 Å². The van der Waals surface area contributed by atoms with E-state index in [-0.39, 0.29) is 24.2 Å². The number of halogens is 1. The number of nitrogens with two attached hydrogens (primary N) is 1. The normalized spacial score (nSPS) is 11.6. The SMILES string of the molecule is CCCc1cc(-c2ccccc2F)c(OCCCOC)cc1CC(=O)N(C)[C@@H](CN)Cc1ccc(OCCCOCc2ccccc2OC)cc1. The van der Waals surface area contributed by atoms with Crippen molar-refractivity contribution in [2.24, 2.45) is 5.73 Å². The fraction of sp³-hybridized carbons (Fsp3) is 0.405. The average molecular weight is 701 g/mol. The Morgan fingerprint density at radius 1 is 0.804 bits per heavy atom. The van der Waals surface area contributed by atoms with E-state index in [1.807, 2.05) is 73.8 Å². The molecular weight excluding hydrogens is 647 g/mol. The summed E-state index contributed by atoms with van der Waals surface area (Å²) in [7, 11) is 5.11. The Kier molecular flexibility index (Phi) is 16.2. The number of benzene rings is 4. The van der Waals surface area contributed by atoms with Gasteiger partial charge >= 0.3 is 0 Å². The van der Waals surface area contributed by atoms with Crippen molar-refractivity contribution in [1.29, 1.82) is 0 Å². The number of carbonyl (C=O) groups excluding carboxylic acids is 1. The molecule has 0 radical (unpaired) electrons. The topological polar surface area (TPSA) is 92.5 Å². The molecule has 1 atom stereocenters. The predicted octanol–water partition coefficient (Wildman–Crippen LogP) is 7.43. The minimum Gasteiger partial charge on any atom is -0.496 e. The number of carbonyl (C=O) groups is 1. The summed E-state index contributed by atoms with van der Waals surface area (Å²) < 4.78 is 43.4. The molecule has 0 spiro atoms. The van der Waals surface area contributed by atoms with Crippen molar-refractivity contribution in [3.63, 3.8) is 0 Å². The Hall–Kier alpha value is -4.44. The van der Waals surface area contributed by atoms with Gasteiger partial charge in [-0.2, -0.15) is 0 Å². The molecule has 8 nitrogen and oxygen atoms in total. The van der Waals surface area contributed by atoms with Crippen LogP contribution in [0.2, 0.25) is 0 Å². The smallest absolute Gasteiger partial charge is 0.227 e. The quantitative estimate of drug-likeness (QED) is 0.0854. The minimum atomic E-state index is -0.318. The molecule has 4 aromatic carbocycles. The second kappa shape index (κ2) is 21.0. The largest absolute Gasteiger partial charge is 0.496 e. The average Bonchev–Trinajstić information content (AvgIpc) is 3.15. The number of aryl methyl sites for hydroxylation is 1. The van der Waals surface area contributed by atoms with Gasteiger partial charge in [-0.1, -0.05) is 61.9 Å². The van der Waals surface area contributed by atoms with Gasteiger partial charge in [0.2, 0.25) is 5.91 Å². The second-order valence-electron chi connectivity index (χ2n) is 12.5. The summed E-state index contributed by atoms with van der Waals surface area (Å²) in [6.07, 6.45) is 3.87. The molecule has 1 amide bonds. The van der Waals surface area contributed by atoms with Gasteiger partial charge in [0.25, 0.3) is 0 Å². The fourth-order valence-electron chi connectivity index (χ4n) is 5.95. The van der Waals surface area contributed by atoms with Crippen molar-refractivity contribution in [1.82, 2.24) is 4.90 Å². The molecule has 4 aromatic rings. The molecule has 9 heteroatoms. The van der Waals surface area contributed by atoms with Crippen LogP contribution in [0.25, 0.3) is 11.1 Å². The number of rotatable bonds is 22. The van der Waals surface area contributed by atoms with Crippen LogP contribution in [0.5, 0.6) is 17.2 Å². The first-order chi connectivity index (χ1) is 24.9. The minimum absolute atomic E-state index is 0.0420. The number of amides is 1. The van der Waals surface area contributed by atoms with Crippen molar-refractivity contribution in [3.05, 3.63) is 113 Å². The van der Waals surface area contributed by atoms with E-state index in [0.29, 0.717) is 69.3 Å². The summed E-state index contributed by atoms with van der Waals surface area (Å²) in [5, 5.41) is 0. The first-order valence-electron chi connectivity index (χ1n) is 17.8. The van der Waals surface area contributed by atoms with Gasteiger partial charge in [-0.05, 0) is 65.9 Å². The van der Waals surface area contributed by atoms with Crippen molar-refractivity contribution in [2.45, 2.75) is 58.1 Å². The zero-order valence-electron chi connectivity index (χ0n) is 30.5. The van der Waals surface area contributed by atoms with Crippen LogP contribution in [0, 0.1) is 5.82 Å². The highest BCUT2D eigenvalue weighted by Gasteiger charge is 2.22. The number of ether oxygens (including phenoxy) is 5. The maximum Gasteiger partial charge on any atom is 0.227 e. The third-order valence-corrected chi connectivity index (χ3v) is 8.84. The summed E-state index contributed by atoms with van der Waals surface area (Å²) in [5.74, 6) is 1.80. The van der Waals surface area contributed by atoms with Gasteiger partial charge in [-0.15, -0.1) is 0 Å². The van der Waals surface area contributed by atoms with Crippen LogP contribution in [0.4, 0.5) is 4.39 Å². The van der Waals surface area contributed by atoms with Crippen molar-refractivity contribution < 1.29 is 32.9 Å². The van der Waals surface area contributed by atoms with E-state index in [4.69, 9.17) is 29.4 Å².